The van der Waals surface area contributed by atoms with Gasteiger partial charge in [0.05, 0.1) is 12.6 Å². The molecule has 4 heteroatoms. The Balaban J connectivity index is 2.68. The summed E-state index contributed by atoms with van der Waals surface area (Å²) in [5.74, 6) is -0.400. The molecular formula is C16H17F2NO. The zero-order chi connectivity index (χ0) is 14.8. The first-order chi connectivity index (χ1) is 9.52. The van der Waals surface area contributed by atoms with E-state index in [-0.39, 0.29) is 0 Å². The molecule has 20 heavy (non-hydrogen) atoms. The average Bonchev–Trinajstić information content (AvgIpc) is 2.47. The first kappa shape index (κ1) is 14.5. The molecule has 0 aliphatic carbocycles. The van der Waals surface area contributed by atoms with E-state index in [9.17, 15) is 8.78 Å². The van der Waals surface area contributed by atoms with Crippen LogP contribution in [0, 0.1) is 11.6 Å². The fourth-order valence-electron chi connectivity index (χ4n) is 2.38. The van der Waals surface area contributed by atoms with Crippen molar-refractivity contribution in [3.63, 3.8) is 0 Å². The van der Waals surface area contributed by atoms with Crippen molar-refractivity contribution >= 4 is 0 Å². The minimum atomic E-state index is -1.14. The predicted octanol–water partition coefficient (Wildman–Crippen LogP) is 3.59. The molecule has 2 nitrogen and oxygen atoms in total. The molecule has 0 aliphatic rings. The van der Waals surface area contributed by atoms with Gasteiger partial charge >= 0.3 is 0 Å². The SMILES string of the molecule is CCC(N)(c1ccccc1F)c1cc(F)ccc1OC. The molecule has 2 aromatic rings. The molecule has 0 aliphatic heterocycles. The Bertz CT molecular complexity index is 615. The van der Waals surface area contributed by atoms with Crippen LogP contribution in [0.1, 0.15) is 24.5 Å². The van der Waals surface area contributed by atoms with E-state index in [0.717, 1.165) is 0 Å². The van der Waals surface area contributed by atoms with E-state index in [0.29, 0.717) is 23.3 Å². The summed E-state index contributed by atoms with van der Waals surface area (Å²) >= 11 is 0. The van der Waals surface area contributed by atoms with Crippen molar-refractivity contribution < 1.29 is 13.5 Å². The van der Waals surface area contributed by atoms with Crippen molar-refractivity contribution in [2.75, 3.05) is 7.11 Å². The van der Waals surface area contributed by atoms with E-state index in [2.05, 4.69) is 0 Å². The van der Waals surface area contributed by atoms with E-state index in [1.165, 1.54) is 31.4 Å². The van der Waals surface area contributed by atoms with Crippen LogP contribution in [0.5, 0.6) is 5.75 Å². The Hall–Kier alpha value is -1.94. The Morgan fingerprint density at radius 2 is 1.80 bits per heavy atom. The summed E-state index contributed by atoms with van der Waals surface area (Å²) in [4.78, 5) is 0. The molecule has 0 amide bonds. The number of hydrogen-bond donors (Lipinski definition) is 1. The number of hydrogen-bond acceptors (Lipinski definition) is 2. The molecule has 0 spiro atoms. The summed E-state index contributed by atoms with van der Waals surface area (Å²) in [7, 11) is 1.48. The highest BCUT2D eigenvalue weighted by atomic mass is 19.1. The molecule has 1 atom stereocenters. The highest BCUT2D eigenvalue weighted by Crippen LogP contribution is 2.37. The number of rotatable bonds is 4. The Morgan fingerprint density at radius 3 is 2.40 bits per heavy atom. The summed E-state index contributed by atoms with van der Waals surface area (Å²) in [5.41, 5.74) is 6.02. The molecule has 0 aromatic heterocycles. The zero-order valence-electron chi connectivity index (χ0n) is 11.5. The lowest BCUT2D eigenvalue weighted by atomic mass is 9.80. The molecule has 0 bridgehead atoms. The standard InChI is InChI=1S/C16H17F2NO/c1-3-16(19,12-6-4-5-7-14(12)18)13-10-11(17)8-9-15(13)20-2/h4-10H,3,19H2,1-2H3. The molecule has 0 saturated heterocycles. The second kappa shape index (κ2) is 5.59. The number of benzene rings is 2. The Morgan fingerprint density at radius 1 is 1.10 bits per heavy atom. The zero-order valence-corrected chi connectivity index (χ0v) is 11.5. The molecule has 2 aromatic carbocycles. The maximum Gasteiger partial charge on any atom is 0.128 e. The predicted molar refractivity (Wildman–Crippen MR) is 74.6 cm³/mol. The van der Waals surface area contributed by atoms with Crippen molar-refractivity contribution in [1.82, 2.24) is 0 Å². The molecule has 0 fully saturated rings. The second-order valence-corrected chi connectivity index (χ2v) is 4.65. The minimum absolute atomic E-state index is 0.325. The van der Waals surface area contributed by atoms with Gasteiger partial charge < -0.3 is 10.5 Å². The third kappa shape index (κ3) is 2.39. The summed E-state index contributed by atoms with van der Waals surface area (Å²) in [6, 6.07) is 10.4. The van der Waals surface area contributed by atoms with Crippen molar-refractivity contribution in [2.24, 2.45) is 5.73 Å². The van der Waals surface area contributed by atoms with Gasteiger partial charge in [-0.25, -0.2) is 8.78 Å². The van der Waals surface area contributed by atoms with Gasteiger partial charge in [0.15, 0.2) is 0 Å². The molecule has 2 rings (SSSR count). The minimum Gasteiger partial charge on any atom is -0.496 e. The van der Waals surface area contributed by atoms with Crippen LogP contribution in [0.25, 0.3) is 0 Å². The Kier molecular flexibility index (Phi) is 4.04. The molecule has 2 N–H and O–H groups in total. The molecule has 0 radical (unpaired) electrons. The van der Waals surface area contributed by atoms with Gasteiger partial charge in [-0.2, -0.15) is 0 Å². The molecule has 106 valence electrons. The summed E-state index contributed by atoms with van der Waals surface area (Å²) < 4.78 is 32.9. The van der Waals surface area contributed by atoms with E-state index in [4.69, 9.17) is 10.5 Å². The third-order valence-electron chi connectivity index (χ3n) is 3.55. The highest BCUT2D eigenvalue weighted by Gasteiger charge is 2.33. The first-order valence-electron chi connectivity index (χ1n) is 6.41. The lowest BCUT2D eigenvalue weighted by Crippen LogP contribution is -2.38. The summed E-state index contributed by atoms with van der Waals surface area (Å²) in [5, 5.41) is 0. The van der Waals surface area contributed by atoms with Crippen molar-refractivity contribution in [3.8, 4) is 5.75 Å². The third-order valence-corrected chi connectivity index (χ3v) is 3.55. The van der Waals surface area contributed by atoms with Crippen LogP contribution in [0.2, 0.25) is 0 Å². The van der Waals surface area contributed by atoms with Crippen LogP contribution in [-0.2, 0) is 5.54 Å². The fourth-order valence-corrected chi connectivity index (χ4v) is 2.38. The average molecular weight is 277 g/mol. The maximum absolute atomic E-state index is 14.1. The quantitative estimate of drug-likeness (QED) is 0.927. The lowest BCUT2D eigenvalue weighted by molar-refractivity contribution is 0.385. The first-order valence-corrected chi connectivity index (χ1v) is 6.41. The topological polar surface area (TPSA) is 35.2 Å². The molecule has 0 saturated carbocycles. The Labute approximate surface area is 117 Å². The van der Waals surface area contributed by atoms with E-state index >= 15 is 0 Å². The van der Waals surface area contributed by atoms with Gasteiger partial charge in [-0.05, 0) is 30.7 Å². The van der Waals surface area contributed by atoms with Crippen LogP contribution in [-0.4, -0.2) is 7.11 Å². The molecule has 0 heterocycles. The fraction of sp³-hybridized carbons (Fsp3) is 0.250. The maximum atomic E-state index is 14.1. The highest BCUT2D eigenvalue weighted by molar-refractivity contribution is 5.46. The van der Waals surface area contributed by atoms with Crippen molar-refractivity contribution in [2.45, 2.75) is 18.9 Å². The van der Waals surface area contributed by atoms with Gasteiger partial charge in [-0.3, -0.25) is 0 Å². The normalized spacial score (nSPS) is 13.8. The number of ether oxygens (including phenoxy) is 1. The van der Waals surface area contributed by atoms with Crippen LogP contribution < -0.4 is 10.5 Å². The van der Waals surface area contributed by atoms with E-state index in [1.807, 2.05) is 6.92 Å². The van der Waals surface area contributed by atoms with Gasteiger partial charge in [-0.15, -0.1) is 0 Å². The van der Waals surface area contributed by atoms with Gasteiger partial charge in [0, 0.05) is 11.1 Å². The second-order valence-electron chi connectivity index (χ2n) is 4.65. The van der Waals surface area contributed by atoms with Gasteiger partial charge in [-0.1, -0.05) is 25.1 Å². The monoisotopic (exact) mass is 277 g/mol. The van der Waals surface area contributed by atoms with Crippen LogP contribution >= 0.6 is 0 Å². The van der Waals surface area contributed by atoms with Crippen LogP contribution in [0.3, 0.4) is 0 Å². The van der Waals surface area contributed by atoms with Gasteiger partial charge in [0.25, 0.3) is 0 Å². The number of nitrogens with two attached hydrogens (primary N) is 1. The van der Waals surface area contributed by atoms with Crippen LogP contribution in [0.4, 0.5) is 8.78 Å². The van der Waals surface area contributed by atoms with Crippen molar-refractivity contribution in [3.05, 3.63) is 65.2 Å². The smallest absolute Gasteiger partial charge is 0.128 e. The van der Waals surface area contributed by atoms with Gasteiger partial charge in [0.2, 0.25) is 0 Å². The molecular weight excluding hydrogens is 260 g/mol. The summed E-state index contributed by atoms with van der Waals surface area (Å²) in [6.45, 7) is 1.83. The lowest BCUT2D eigenvalue weighted by Gasteiger charge is -2.31. The summed E-state index contributed by atoms with van der Waals surface area (Å²) in [6.07, 6.45) is 0.410. The molecule has 1 unspecified atom stereocenters. The van der Waals surface area contributed by atoms with E-state index in [1.54, 1.807) is 18.2 Å². The van der Waals surface area contributed by atoms with E-state index < -0.39 is 17.2 Å². The number of halogens is 2. The largest absolute Gasteiger partial charge is 0.496 e. The van der Waals surface area contributed by atoms with Gasteiger partial charge in [0.1, 0.15) is 17.4 Å². The van der Waals surface area contributed by atoms with Crippen molar-refractivity contribution in [1.29, 1.82) is 0 Å². The van der Waals surface area contributed by atoms with Crippen LogP contribution in [0.15, 0.2) is 42.5 Å². The number of methoxy groups -OCH3 is 1.